The number of rotatable bonds is 3. The molecule has 2 N–H and O–H groups in total. The molecule has 5 heteroatoms. The topological polar surface area (TPSA) is 68.2 Å². The minimum absolute atomic E-state index is 0.0720. The highest BCUT2D eigenvalue weighted by Crippen LogP contribution is 2.44. The van der Waals surface area contributed by atoms with E-state index in [9.17, 15) is 10.2 Å². The Bertz CT molecular complexity index is 715. The van der Waals surface area contributed by atoms with Crippen molar-refractivity contribution in [1.29, 1.82) is 0 Å². The zero-order valence-electron chi connectivity index (χ0n) is 13.4. The molecule has 1 aliphatic heterocycles. The fraction of sp³-hybridized carbons (Fsp3) is 0.333. The Morgan fingerprint density at radius 2 is 1.78 bits per heavy atom. The Labute approximate surface area is 135 Å². The van der Waals surface area contributed by atoms with Gasteiger partial charge in [-0.25, -0.2) is 0 Å². The largest absolute Gasteiger partial charge is 0.504 e. The molecule has 122 valence electrons. The monoisotopic (exact) mass is 316 g/mol. The molecular formula is C18H20O5. The van der Waals surface area contributed by atoms with E-state index in [0.717, 1.165) is 35.5 Å². The molecular weight excluding hydrogens is 296 g/mol. The van der Waals surface area contributed by atoms with Crippen molar-refractivity contribution in [2.45, 2.75) is 25.9 Å². The number of aryl methyl sites for hydroxylation is 1. The summed E-state index contributed by atoms with van der Waals surface area (Å²) < 4.78 is 16.4. The summed E-state index contributed by atoms with van der Waals surface area (Å²) >= 11 is 0. The normalized spacial score (nSPS) is 16.4. The average Bonchev–Trinajstić information content (AvgIpc) is 2.55. The number of benzene rings is 2. The summed E-state index contributed by atoms with van der Waals surface area (Å²) in [6.45, 7) is 1.96. The lowest BCUT2D eigenvalue weighted by Gasteiger charge is -2.28. The molecule has 0 aromatic heterocycles. The van der Waals surface area contributed by atoms with Crippen molar-refractivity contribution in [2.75, 3.05) is 14.2 Å². The van der Waals surface area contributed by atoms with E-state index < -0.39 is 0 Å². The van der Waals surface area contributed by atoms with Crippen LogP contribution in [0.4, 0.5) is 0 Å². The molecule has 1 heterocycles. The molecule has 2 aromatic carbocycles. The molecule has 5 nitrogen and oxygen atoms in total. The van der Waals surface area contributed by atoms with Crippen molar-refractivity contribution < 1.29 is 24.4 Å². The average molecular weight is 316 g/mol. The third-order valence-electron chi connectivity index (χ3n) is 4.24. The van der Waals surface area contributed by atoms with Gasteiger partial charge in [-0.15, -0.1) is 0 Å². The summed E-state index contributed by atoms with van der Waals surface area (Å²) in [5.41, 5.74) is 2.81. The minimum atomic E-state index is -0.240. The van der Waals surface area contributed by atoms with Gasteiger partial charge in [0.1, 0.15) is 17.6 Å². The molecule has 0 radical (unpaired) electrons. The second-order valence-electron chi connectivity index (χ2n) is 5.62. The van der Waals surface area contributed by atoms with Crippen LogP contribution in [-0.4, -0.2) is 24.4 Å². The van der Waals surface area contributed by atoms with Crippen LogP contribution in [0, 0.1) is 6.92 Å². The molecule has 0 saturated heterocycles. The fourth-order valence-corrected chi connectivity index (χ4v) is 3.05. The summed E-state index contributed by atoms with van der Waals surface area (Å²) in [5.74, 6) is 1.47. The second kappa shape index (κ2) is 5.91. The first-order valence-corrected chi connectivity index (χ1v) is 7.48. The molecule has 3 rings (SSSR count). The summed E-state index contributed by atoms with van der Waals surface area (Å²) in [7, 11) is 3.03. The van der Waals surface area contributed by atoms with Crippen molar-refractivity contribution in [1.82, 2.24) is 0 Å². The summed E-state index contributed by atoms with van der Waals surface area (Å²) in [5, 5.41) is 19.9. The van der Waals surface area contributed by atoms with E-state index >= 15 is 0 Å². The fourth-order valence-electron chi connectivity index (χ4n) is 3.05. The Balaban J connectivity index is 1.96. The minimum Gasteiger partial charge on any atom is -0.504 e. The van der Waals surface area contributed by atoms with Gasteiger partial charge in [-0.1, -0.05) is 6.07 Å². The van der Waals surface area contributed by atoms with E-state index in [4.69, 9.17) is 14.2 Å². The molecule has 23 heavy (non-hydrogen) atoms. The zero-order valence-corrected chi connectivity index (χ0v) is 13.4. The highest BCUT2D eigenvalue weighted by Gasteiger charge is 2.26. The van der Waals surface area contributed by atoms with Crippen LogP contribution in [0.3, 0.4) is 0 Å². The van der Waals surface area contributed by atoms with E-state index in [2.05, 4.69) is 0 Å². The molecule has 2 aromatic rings. The van der Waals surface area contributed by atoms with Crippen molar-refractivity contribution in [2.24, 2.45) is 0 Å². The third kappa shape index (κ3) is 2.63. The predicted molar refractivity (Wildman–Crippen MR) is 85.7 cm³/mol. The number of hydrogen-bond donors (Lipinski definition) is 2. The summed E-state index contributed by atoms with van der Waals surface area (Å²) in [6, 6.07) is 7.11. The lowest BCUT2D eigenvalue weighted by molar-refractivity contribution is 0.173. The third-order valence-corrected chi connectivity index (χ3v) is 4.24. The van der Waals surface area contributed by atoms with Crippen LogP contribution in [0.1, 0.15) is 29.2 Å². The molecule has 0 saturated carbocycles. The number of hydrogen-bond acceptors (Lipinski definition) is 5. The lowest BCUT2D eigenvalue weighted by atomic mass is 9.95. The second-order valence-corrected chi connectivity index (χ2v) is 5.62. The SMILES string of the molecule is COc1ccc2c(c1C)O[C@H](c1cc(O)c(OC)c(O)c1)CC2. The quantitative estimate of drug-likeness (QED) is 0.907. The first-order chi connectivity index (χ1) is 11.0. The Morgan fingerprint density at radius 1 is 1.09 bits per heavy atom. The van der Waals surface area contributed by atoms with Crippen LogP contribution < -0.4 is 14.2 Å². The van der Waals surface area contributed by atoms with Crippen LogP contribution in [0.5, 0.6) is 28.7 Å². The van der Waals surface area contributed by atoms with Gasteiger partial charge in [-0.2, -0.15) is 0 Å². The van der Waals surface area contributed by atoms with E-state index in [1.807, 2.05) is 19.1 Å². The molecule has 0 spiro atoms. The van der Waals surface area contributed by atoms with Gasteiger partial charge in [0.2, 0.25) is 5.75 Å². The molecule has 0 amide bonds. The molecule has 0 bridgehead atoms. The van der Waals surface area contributed by atoms with Crippen molar-refractivity contribution in [3.05, 3.63) is 41.0 Å². The van der Waals surface area contributed by atoms with Gasteiger partial charge in [0.15, 0.2) is 11.5 Å². The highest BCUT2D eigenvalue weighted by molar-refractivity contribution is 5.54. The maximum absolute atomic E-state index is 9.97. The first kappa shape index (κ1) is 15.3. The van der Waals surface area contributed by atoms with E-state index in [-0.39, 0.29) is 23.4 Å². The number of fused-ring (bicyclic) bond motifs is 1. The standard InChI is InChI=1S/C18H20O5/c1-10-15(21-2)6-4-11-5-7-16(23-17(10)11)12-8-13(19)18(22-3)14(20)9-12/h4,6,8-9,16,19-20H,5,7H2,1-3H3/t16-/m0/s1. The number of methoxy groups -OCH3 is 2. The molecule has 1 atom stereocenters. The number of phenols is 2. The van der Waals surface area contributed by atoms with Gasteiger partial charge in [0, 0.05) is 5.56 Å². The Morgan fingerprint density at radius 3 is 2.39 bits per heavy atom. The van der Waals surface area contributed by atoms with Gasteiger partial charge < -0.3 is 24.4 Å². The van der Waals surface area contributed by atoms with Crippen LogP contribution in [0.2, 0.25) is 0 Å². The summed E-state index contributed by atoms with van der Waals surface area (Å²) in [6.07, 6.45) is 1.39. The predicted octanol–water partition coefficient (Wildman–Crippen LogP) is 3.49. The highest BCUT2D eigenvalue weighted by atomic mass is 16.5. The van der Waals surface area contributed by atoms with E-state index in [0.29, 0.717) is 5.56 Å². The van der Waals surface area contributed by atoms with E-state index in [1.54, 1.807) is 19.2 Å². The van der Waals surface area contributed by atoms with Gasteiger partial charge in [0.05, 0.1) is 14.2 Å². The number of aromatic hydroxyl groups is 2. The van der Waals surface area contributed by atoms with Gasteiger partial charge in [0.25, 0.3) is 0 Å². The number of phenolic OH excluding ortho intramolecular Hbond substituents is 2. The smallest absolute Gasteiger partial charge is 0.202 e. The zero-order chi connectivity index (χ0) is 16.6. The summed E-state index contributed by atoms with van der Waals surface area (Å²) in [4.78, 5) is 0. The van der Waals surface area contributed by atoms with Crippen LogP contribution >= 0.6 is 0 Å². The van der Waals surface area contributed by atoms with Gasteiger partial charge in [-0.3, -0.25) is 0 Å². The molecule has 0 aliphatic carbocycles. The molecule has 0 unspecified atom stereocenters. The first-order valence-electron chi connectivity index (χ1n) is 7.48. The van der Waals surface area contributed by atoms with Crippen LogP contribution in [0.25, 0.3) is 0 Å². The number of ether oxygens (including phenoxy) is 3. The van der Waals surface area contributed by atoms with Gasteiger partial charge in [-0.05, 0) is 49.1 Å². The molecule has 0 fully saturated rings. The maximum atomic E-state index is 9.97. The van der Waals surface area contributed by atoms with Crippen molar-refractivity contribution in [3.8, 4) is 28.7 Å². The lowest BCUT2D eigenvalue weighted by Crippen LogP contribution is -2.16. The van der Waals surface area contributed by atoms with Crippen LogP contribution in [-0.2, 0) is 6.42 Å². The van der Waals surface area contributed by atoms with E-state index in [1.165, 1.54) is 7.11 Å². The van der Waals surface area contributed by atoms with Crippen molar-refractivity contribution in [3.63, 3.8) is 0 Å². The van der Waals surface area contributed by atoms with Crippen molar-refractivity contribution >= 4 is 0 Å². The maximum Gasteiger partial charge on any atom is 0.202 e. The Hall–Kier alpha value is -2.56. The van der Waals surface area contributed by atoms with Gasteiger partial charge >= 0.3 is 0 Å². The molecule has 1 aliphatic rings. The van der Waals surface area contributed by atoms with Crippen LogP contribution in [0.15, 0.2) is 24.3 Å². The Kier molecular flexibility index (Phi) is 3.94.